The Kier molecular flexibility index (Phi) is 9.77. The van der Waals surface area contributed by atoms with E-state index in [1.807, 2.05) is 29.2 Å². The minimum atomic E-state index is 0. The molecule has 1 aliphatic rings. The predicted molar refractivity (Wildman–Crippen MR) is 128 cm³/mol. The van der Waals surface area contributed by atoms with Gasteiger partial charge in [-0.25, -0.2) is 4.99 Å². The molecule has 1 fully saturated rings. The van der Waals surface area contributed by atoms with Crippen LogP contribution < -0.4 is 10.6 Å². The molecular formula is C21H29IN4OS. The van der Waals surface area contributed by atoms with Crippen LogP contribution in [0.3, 0.4) is 0 Å². The molecule has 0 unspecified atom stereocenters. The fourth-order valence-electron chi connectivity index (χ4n) is 3.13. The maximum atomic E-state index is 12.5. The number of amides is 1. The monoisotopic (exact) mass is 512 g/mol. The van der Waals surface area contributed by atoms with Gasteiger partial charge in [0.15, 0.2) is 5.96 Å². The zero-order valence-corrected chi connectivity index (χ0v) is 19.5. The van der Waals surface area contributed by atoms with Gasteiger partial charge in [-0.3, -0.25) is 4.79 Å². The molecule has 7 heteroatoms. The Morgan fingerprint density at radius 3 is 2.50 bits per heavy atom. The molecule has 0 radical (unpaired) electrons. The number of benzene rings is 1. The maximum absolute atomic E-state index is 12.5. The second-order valence-corrected chi connectivity index (χ2v) is 7.71. The minimum Gasteiger partial charge on any atom is -0.357 e. The van der Waals surface area contributed by atoms with Crippen molar-refractivity contribution in [3.05, 3.63) is 57.8 Å². The van der Waals surface area contributed by atoms with Gasteiger partial charge in [0.1, 0.15) is 0 Å². The Morgan fingerprint density at radius 1 is 1.11 bits per heavy atom. The lowest BCUT2D eigenvalue weighted by atomic mass is 10.1. The Labute approximate surface area is 188 Å². The number of likely N-dealkylation sites (tertiary alicyclic amines) is 1. The molecule has 0 spiro atoms. The highest BCUT2D eigenvalue weighted by Crippen LogP contribution is 2.14. The third-order valence-electron chi connectivity index (χ3n) is 4.62. The average Bonchev–Trinajstić information content (AvgIpc) is 3.24. The average molecular weight is 512 g/mol. The van der Waals surface area contributed by atoms with Gasteiger partial charge in [0.05, 0.1) is 13.1 Å². The number of carbonyl (C=O) groups is 1. The highest BCUT2D eigenvalue weighted by Gasteiger charge is 2.17. The van der Waals surface area contributed by atoms with Gasteiger partial charge >= 0.3 is 0 Å². The molecule has 1 aliphatic heterocycles. The van der Waals surface area contributed by atoms with Gasteiger partial charge in [-0.1, -0.05) is 18.2 Å². The quantitative estimate of drug-likeness (QED) is 0.346. The topological polar surface area (TPSA) is 56.7 Å². The van der Waals surface area contributed by atoms with Crippen LogP contribution in [0, 0.1) is 0 Å². The van der Waals surface area contributed by atoms with E-state index in [1.54, 1.807) is 11.3 Å². The van der Waals surface area contributed by atoms with Crippen molar-refractivity contribution < 1.29 is 4.79 Å². The summed E-state index contributed by atoms with van der Waals surface area (Å²) in [6.07, 6.45) is 3.46. The number of carbonyl (C=O) groups excluding carboxylic acids is 1. The van der Waals surface area contributed by atoms with E-state index < -0.39 is 0 Å². The molecule has 2 aromatic rings. The van der Waals surface area contributed by atoms with Crippen molar-refractivity contribution in [3.63, 3.8) is 0 Å². The fraction of sp³-hybridized carbons (Fsp3) is 0.429. The highest BCUT2D eigenvalue weighted by atomic mass is 127. The second-order valence-electron chi connectivity index (χ2n) is 6.68. The lowest BCUT2D eigenvalue weighted by Crippen LogP contribution is -2.36. The summed E-state index contributed by atoms with van der Waals surface area (Å²) in [5, 5.41) is 8.70. The molecule has 0 saturated carbocycles. The van der Waals surface area contributed by atoms with Crippen molar-refractivity contribution in [1.82, 2.24) is 15.5 Å². The number of hydrogen-bond acceptors (Lipinski definition) is 3. The van der Waals surface area contributed by atoms with Gasteiger partial charge in [0.2, 0.25) is 0 Å². The van der Waals surface area contributed by atoms with Crippen molar-refractivity contribution in [2.24, 2.45) is 4.99 Å². The zero-order valence-electron chi connectivity index (χ0n) is 16.3. The smallest absolute Gasteiger partial charge is 0.253 e. The molecular weight excluding hydrogens is 483 g/mol. The summed E-state index contributed by atoms with van der Waals surface area (Å²) >= 11 is 1.73. The first-order valence-electron chi connectivity index (χ1n) is 9.69. The zero-order chi connectivity index (χ0) is 18.9. The Balaban J connectivity index is 0.00000280. The van der Waals surface area contributed by atoms with Crippen LogP contribution in [-0.2, 0) is 13.1 Å². The van der Waals surface area contributed by atoms with E-state index in [9.17, 15) is 4.79 Å². The van der Waals surface area contributed by atoms with Crippen LogP contribution in [0.5, 0.6) is 0 Å². The first-order valence-corrected chi connectivity index (χ1v) is 10.6. The number of hydrogen-bond donors (Lipinski definition) is 2. The van der Waals surface area contributed by atoms with Gasteiger partial charge in [0, 0.05) is 30.1 Å². The Bertz CT molecular complexity index is 740. The van der Waals surface area contributed by atoms with Crippen LogP contribution in [-0.4, -0.2) is 36.4 Å². The van der Waals surface area contributed by atoms with E-state index in [2.05, 4.69) is 40.1 Å². The summed E-state index contributed by atoms with van der Waals surface area (Å²) in [5.74, 6) is 0.954. The third-order valence-corrected chi connectivity index (χ3v) is 5.49. The van der Waals surface area contributed by atoms with Crippen LogP contribution in [0.1, 0.15) is 47.0 Å². The van der Waals surface area contributed by atoms with E-state index in [0.717, 1.165) is 56.1 Å². The summed E-state index contributed by atoms with van der Waals surface area (Å²) < 4.78 is 0. The van der Waals surface area contributed by atoms with Crippen LogP contribution >= 0.6 is 35.3 Å². The van der Waals surface area contributed by atoms with Gasteiger partial charge in [0.25, 0.3) is 5.91 Å². The third kappa shape index (κ3) is 6.77. The van der Waals surface area contributed by atoms with Crippen molar-refractivity contribution in [2.45, 2.75) is 39.3 Å². The van der Waals surface area contributed by atoms with Crippen LogP contribution in [0.15, 0.2) is 46.8 Å². The molecule has 1 saturated heterocycles. The lowest BCUT2D eigenvalue weighted by molar-refractivity contribution is 0.0724. The second kappa shape index (κ2) is 12.1. The van der Waals surface area contributed by atoms with E-state index in [1.165, 1.54) is 11.3 Å². The minimum absolute atomic E-state index is 0. The Morgan fingerprint density at radius 2 is 1.86 bits per heavy atom. The molecule has 28 heavy (non-hydrogen) atoms. The molecule has 0 bridgehead atoms. The molecule has 0 atom stereocenters. The van der Waals surface area contributed by atoms with Gasteiger partial charge in [-0.05, 0) is 55.3 Å². The van der Waals surface area contributed by atoms with Crippen molar-refractivity contribution >= 4 is 47.2 Å². The van der Waals surface area contributed by atoms with Gasteiger partial charge in [-0.2, -0.15) is 0 Å². The summed E-state index contributed by atoms with van der Waals surface area (Å²) in [7, 11) is 0. The molecule has 1 aromatic heterocycles. The lowest BCUT2D eigenvalue weighted by Gasteiger charge is -2.26. The Hall–Kier alpha value is -1.61. The van der Waals surface area contributed by atoms with Crippen molar-refractivity contribution in [1.29, 1.82) is 0 Å². The van der Waals surface area contributed by atoms with Gasteiger partial charge < -0.3 is 15.5 Å². The molecule has 152 valence electrons. The standard InChI is InChI=1S/C21H28N4OS.HI/c1-2-22-21(24-16-19-7-6-14-27-19)23-15-17-8-10-18(11-9-17)20(26)25-12-4-3-5-13-25;/h6-11,14H,2-5,12-13,15-16H2,1H3,(H2,22,23,24);1H. The number of halogens is 1. The molecule has 2 heterocycles. The maximum Gasteiger partial charge on any atom is 0.253 e. The number of thiophene rings is 1. The first-order chi connectivity index (χ1) is 13.3. The highest BCUT2D eigenvalue weighted by molar-refractivity contribution is 14.0. The number of rotatable bonds is 6. The molecule has 5 nitrogen and oxygen atoms in total. The molecule has 1 amide bonds. The molecule has 0 aliphatic carbocycles. The van der Waals surface area contributed by atoms with Crippen LogP contribution in [0.4, 0.5) is 0 Å². The number of aliphatic imine (C=N–C) groups is 1. The van der Waals surface area contributed by atoms with Crippen LogP contribution in [0.2, 0.25) is 0 Å². The molecule has 1 aromatic carbocycles. The SMILES string of the molecule is CCNC(=NCc1ccc(C(=O)N2CCCCC2)cc1)NCc1cccs1.I. The predicted octanol–water partition coefficient (Wildman–Crippen LogP) is 4.25. The van der Waals surface area contributed by atoms with Gasteiger partial charge in [-0.15, -0.1) is 35.3 Å². The van der Waals surface area contributed by atoms with Crippen molar-refractivity contribution in [3.8, 4) is 0 Å². The largest absolute Gasteiger partial charge is 0.357 e. The van der Waals surface area contributed by atoms with E-state index in [0.29, 0.717) is 6.54 Å². The summed E-state index contributed by atoms with van der Waals surface area (Å²) in [6.45, 7) is 5.99. The van der Waals surface area contributed by atoms with E-state index >= 15 is 0 Å². The summed E-state index contributed by atoms with van der Waals surface area (Å²) in [6, 6.07) is 12.0. The number of nitrogens with one attached hydrogen (secondary N) is 2. The molecule has 2 N–H and O–H groups in total. The van der Waals surface area contributed by atoms with Crippen LogP contribution in [0.25, 0.3) is 0 Å². The van der Waals surface area contributed by atoms with E-state index in [4.69, 9.17) is 0 Å². The number of nitrogens with zero attached hydrogens (tertiary/aromatic N) is 2. The summed E-state index contributed by atoms with van der Waals surface area (Å²) in [5.41, 5.74) is 1.87. The number of guanidine groups is 1. The fourth-order valence-corrected chi connectivity index (χ4v) is 3.77. The first kappa shape index (κ1) is 22.7. The summed E-state index contributed by atoms with van der Waals surface area (Å²) in [4.78, 5) is 20.4. The van der Waals surface area contributed by atoms with E-state index in [-0.39, 0.29) is 29.9 Å². The molecule has 3 rings (SSSR count). The number of piperidine rings is 1. The van der Waals surface area contributed by atoms with Crippen molar-refractivity contribution in [2.75, 3.05) is 19.6 Å². The normalized spacial score (nSPS) is 14.3.